The van der Waals surface area contributed by atoms with Crippen LogP contribution in [0.3, 0.4) is 0 Å². The van der Waals surface area contributed by atoms with Crippen LogP contribution in [-0.2, 0) is 0 Å². The first-order valence-electron chi connectivity index (χ1n) is 7.86. The highest BCUT2D eigenvalue weighted by atomic mass is 32.1. The van der Waals surface area contributed by atoms with E-state index in [1.54, 1.807) is 12.4 Å². The van der Waals surface area contributed by atoms with Gasteiger partial charge >= 0.3 is 6.03 Å². The van der Waals surface area contributed by atoms with Crippen molar-refractivity contribution in [1.29, 1.82) is 0 Å². The summed E-state index contributed by atoms with van der Waals surface area (Å²) >= 11 is 1.44. The van der Waals surface area contributed by atoms with Crippen LogP contribution in [0.1, 0.15) is 25.7 Å². The van der Waals surface area contributed by atoms with E-state index in [0.717, 1.165) is 25.7 Å². The molecule has 7 heteroatoms. The van der Waals surface area contributed by atoms with Gasteiger partial charge in [0.1, 0.15) is 6.10 Å². The van der Waals surface area contributed by atoms with E-state index >= 15 is 0 Å². The molecule has 1 N–H and O–H groups in total. The normalized spacial score (nSPS) is 26.1. The number of rotatable bonds is 3. The summed E-state index contributed by atoms with van der Waals surface area (Å²) in [7, 11) is 0. The number of fused-ring (bicyclic) bond motifs is 2. The molecule has 23 heavy (non-hydrogen) atoms. The minimum Gasteiger partial charge on any atom is -0.474 e. The number of hydrogen-bond acceptors (Lipinski definition) is 5. The number of pyridine rings is 1. The second kappa shape index (κ2) is 6.16. The van der Waals surface area contributed by atoms with E-state index in [9.17, 15) is 4.79 Å². The van der Waals surface area contributed by atoms with Crippen molar-refractivity contribution in [2.45, 2.75) is 43.9 Å². The second-order valence-corrected chi connectivity index (χ2v) is 6.83. The van der Waals surface area contributed by atoms with Crippen LogP contribution in [0.25, 0.3) is 0 Å². The lowest BCUT2D eigenvalue weighted by Crippen LogP contribution is -2.50. The first kappa shape index (κ1) is 14.4. The van der Waals surface area contributed by atoms with Gasteiger partial charge in [-0.25, -0.2) is 14.8 Å². The van der Waals surface area contributed by atoms with E-state index in [0.29, 0.717) is 11.0 Å². The lowest BCUT2D eigenvalue weighted by atomic mass is 10.00. The number of thiazole rings is 1. The fourth-order valence-corrected chi connectivity index (χ4v) is 4.10. The van der Waals surface area contributed by atoms with Crippen molar-refractivity contribution < 1.29 is 9.53 Å². The summed E-state index contributed by atoms with van der Waals surface area (Å²) < 4.78 is 5.99. The molecule has 120 valence electrons. The highest BCUT2D eigenvalue weighted by molar-refractivity contribution is 7.13. The summed E-state index contributed by atoms with van der Waals surface area (Å²) in [6.45, 7) is 0. The third-order valence-electron chi connectivity index (χ3n) is 4.50. The zero-order valence-corrected chi connectivity index (χ0v) is 13.4. The van der Waals surface area contributed by atoms with Crippen molar-refractivity contribution in [3.63, 3.8) is 0 Å². The molecule has 2 fully saturated rings. The quantitative estimate of drug-likeness (QED) is 0.939. The zero-order chi connectivity index (χ0) is 15.6. The van der Waals surface area contributed by atoms with Crippen molar-refractivity contribution in [3.8, 4) is 5.88 Å². The fourth-order valence-electron chi connectivity index (χ4n) is 3.58. The lowest BCUT2D eigenvalue weighted by Gasteiger charge is -2.38. The molecular weight excluding hydrogens is 312 g/mol. The Morgan fingerprint density at radius 2 is 2.04 bits per heavy atom. The maximum absolute atomic E-state index is 12.5. The lowest BCUT2D eigenvalue weighted by molar-refractivity contribution is 0.0704. The molecule has 4 heterocycles. The molecule has 2 aliphatic heterocycles. The third kappa shape index (κ3) is 3.01. The van der Waals surface area contributed by atoms with Crippen LogP contribution >= 0.6 is 11.3 Å². The predicted octanol–water partition coefficient (Wildman–Crippen LogP) is 3.14. The van der Waals surface area contributed by atoms with Gasteiger partial charge in [-0.1, -0.05) is 6.07 Å². The number of hydrogen-bond donors (Lipinski definition) is 1. The van der Waals surface area contributed by atoms with Crippen LogP contribution in [0.2, 0.25) is 0 Å². The molecule has 0 aromatic carbocycles. The van der Waals surface area contributed by atoms with Gasteiger partial charge in [-0.15, -0.1) is 11.3 Å². The van der Waals surface area contributed by atoms with Crippen LogP contribution in [0.5, 0.6) is 5.88 Å². The summed E-state index contributed by atoms with van der Waals surface area (Å²) in [6.07, 6.45) is 7.36. The summed E-state index contributed by atoms with van der Waals surface area (Å²) in [6, 6.07) is 6.12. The summed E-state index contributed by atoms with van der Waals surface area (Å²) in [5, 5.41) is 5.41. The van der Waals surface area contributed by atoms with Gasteiger partial charge in [0.2, 0.25) is 5.88 Å². The molecule has 0 spiro atoms. The molecule has 2 saturated heterocycles. The Balaban J connectivity index is 1.41. The molecular formula is C16H18N4O2S. The van der Waals surface area contributed by atoms with Crippen LogP contribution < -0.4 is 10.1 Å². The number of nitrogens with zero attached hydrogens (tertiary/aromatic N) is 3. The Morgan fingerprint density at radius 1 is 1.22 bits per heavy atom. The van der Waals surface area contributed by atoms with Gasteiger partial charge in [-0.2, -0.15) is 0 Å². The topological polar surface area (TPSA) is 67.4 Å². The number of amides is 2. The average Bonchev–Trinajstić information content (AvgIpc) is 3.15. The summed E-state index contributed by atoms with van der Waals surface area (Å²) in [5.74, 6) is 0.664. The molecule has 0 radical (unpaired) electrons. The van der Waals surface area contributed by atoms with Crippen LogP contribution in [0.15, 0.2) is 36.0 Å². The maximum Gasteiger partial charge on any atom is 0.324 e. The monoisotopic (exact) mass is 330 g/mol. The molecule has 0 saturated carbocycles. The van der Waals surface area contributed by atoms with Gasteiger partial charge in [-0.3, -0.25) is 5.32 Å². The van der Waals surface area contributed by atoms with Gasteiger partial charge in [0.25, 0.3) is 0 Å². The number of carbonyl (C=O) groups is 1. The summed E-state index contributed by atoms with van der Waals surface area (Å²) in [5.41, 5.74) is 0. The minimum atomic E-state index is -0.0382. The third-order valence-corrected chi connectivity index (χ3v) is 5.18. The molecule has 2 atom stereocenters. The van der Waals surface area contributed by atoms with Crippen LogP contribution in [-0.4, -0.2) is 39.1 Å². The van der Waals surface area contributed by atoms with Crippen molar-refractivity contribution in [1.82, 2.24) is 14.9 Å². The molecule has 6 nitrogen and oxygen atoms in total. The Morgan fingerprint density at radius 3 is 2.70 bits per heavy atom. The van der Waals surface area contributed by atoms with Crippen molar-refractivity contribution in [2.75, 3.05) is 5.32 Å². The highest BCUT2D eigenvalue weighted by Gasteiger charge is 2.44. The zero-order valence-electron chi connectivity index (χ0n) is 12.6. The van der Waals surface area contributed by atoms with E-state index in [4.69, 9.17) is 4.74 Å². The Hall–Kier alpha value is -2.15. The van der Waals surface area contributed by atoms with Crippen LogP contribution in [0, 0.1) is 0 Å². The Bertz CT molecular complexity index is 650. The molecule has 2 aliphatic rings. The van der Waals surface area contributed by atoms with Gasteiger partial charge in [-0.05, 0) is 18.9 Å². The average molecular weight is 330 g/mol. The molecule has 2 unspecified atom stereocenters. The smallest absolute Gasteiger partial charge is 0.324 e. The standard InChI is InChI=1S/C16H18N4O2S/c21-16(19-15-18-7-8-23-15)20-11-4-5-12(20)10-13(9-11)22-14-3-1-2-6-17-14/h1-3,6-8,11-13H,4-5,9-10H2,(H,18,19,21). The maximum atomic E-state index is 12.5. The number of nitrogens with one attached hydrogen (secondary N) is 1. The predicted molar refractivity (Wildman–Crippen MR) is 87.7 cm³/mol. The minimum absolute atomic E-state index is 0.0382. The van der Waals surface area contributed by atoms with Gasteiger partial charge < -0.3 is 9.64 Å². The molecule has 2 aromatic heterocycles. The number of anilines is 1. The van der Waals surface area contributed by atoms with E-state index in [2.05, 4.69) is 15.3 Å². The Labute approximate surface area is 138 Å². The highest BCUT2D eigenvalue weighted by Crippen LogP contribution is 2.37. The fraction of sp³-hybridized carbons (Fsp3) is 0.438. The number of aromatic nitrogens is 2. The first-order chi connectivity index (χ1) is 11.3. The SMILES string of the molecule is O=C(Nc1nccs1)N1C2CCC1CC(Oc1ccccn1)C2. The molecule has 2 aromatic rings. The first-order valence-corrected chi connectivity index (χ1v) is 8.74. The number of piperidine rings is 1. The van der Waals surface area contributed by atoms with Crippen molar-refractivity contribution >= 4 is 22.5 Å². The molecule has 0 aliphatic carbocycles. The summed E-state index contributed by atoms with van der Waals surface area (Å²) in [4.78, 5) is 22.9. The van der Waals surface area contributed by atoms with Crippen molar-refractivity contribution in [3.05, 3.63) is 36.0 Å². The van der Waals surface area contributed by atoms with E-state index in [-0.39, 0.29) is 24.2 Å². The largest absolute Gasteiger partial charge is 0.474 e. The molecule has 4 rings (SSSR count). The van der Waals surface area contributed by atoms with E-state index in [1.807, 2.05) is 28.5 Å². The number of urea groups is 1. The number of ether oxygens (including phenoxy) is 1. The number of carbonyl (C=O) groups excluding carboxylic acids is 1. The van der Waals surface area contributed by atoms with Crippen LogP contribution in [0.4, 0.5) is 9.93 Å². The molecule has 2 amide bonds. The van der Waals surface area contributed by atoms with Gasteiger partial charge in [0, 0.05) is 48.8 Å². The van der Waals surface area contributed by atoms with Gasteiger partial charge in [0.05, 0.1) is 0 Å². The molecule has 2 bridgehead atoms. The van der Waals surface area contributed by atoms with Crippen molar-refractivity contribution in [2.24, 2.45) is 0 Å². The van der Waals surface area contributed by atoms with E-state index < -0.39 is 0 Å². The van der Waals surface area contributed by atoms with E-state index in [1.165, 1.54) is 11.3 Å². The van der Waals surface area contributed by atoms with Gasteiger partial charge in [0.15, 0.2) is 5.13 Å². The second-order valence-electron chi connectivity index (χ2n) is 5.94. The Kier molecular flexibility index (Phi) is 3.87.